The molecule has 1 amide bonds. The van der Waals surface area contributed by atoms with E-state index in [9.17, 15) is 4.79 Å². The van der Waals surface area contributed by atoms with E-state index in [0.29, 0.717) is 12.8 Å². The van der Waals surface area contributed by atoms with Crippen molar-refractivity contribution in [3.05, 3.63) is 0 Å². The standard InChI is InChI=1S/C8H18N2O2/c1-8(2,12-7(9)11)5-4-6-10-3/h10H,4-6H2,1-3H3,(H2,9,11)/i6D. The number of nitrogens with two attached hydrogens (primary N) is 1. The van der Waals surface area contributed by atoms with Gasteiger partial charge in [0, 0.05) is 1.37 Å². The van der Waals surface area contributed by atoms with Crippen molar-refractivity contribution >= 4 is 6.09 Å². The summed E-state index contributed by atoms with van der Waals surface area (Å²) in [6.07, 6.45) is 0.470. The van der Waals surface area contributed by atoms with Crippen LogP contribution in [0.15, 0.2) is 0 Å². The molecular formula is C8H18N2O2. The van der Waals surface area contributed by atoms with Crippen LogP contribution in [-0.2, 0) is 4.74 Å². The highest BCUT2D eigenvalue weighted by Gasteiger charge is 2.20. The summed E-state index contributed by atoms with van der Waals surface area (Å²) >= 11 is 0. The number of carbonyl (C=O) groups excluding carboxylic acids is 1. The summed E-state index contributed by atoms with van der Waals surface area (Å²) in [6.45, 7) is 3.23. The van der Waals surface area contributed by atoms with Gasteiger partial charge in [-0.05, 0) is 40.3 Å². The van der Waals surface area contributed by atoms with Crippen LogP contribution in [0, 0.1) is 0 Å². The number of hydrogen-bond donors (Lipinski definition) is 2. The summed E-state index contributed by atoms with van der Waals surface area (Å²) in [5.74, 6) is 0. The predicted molar refractivity (Wildman–Crippen MR) is 47.9 cm³/mol. The number of carbonyl (C=O) groups is 1. The van der Waals surface area contributed by atoms with Crippen LogP contribution in [0.1, 0.15) is 28.1 Å². The quantitative estimate of drug-likeness (QED) is 0.651. The van der Waals surface area contributed by atoms with Gasteiger partial charge in [-0.1, -0.05) is 0 Å². The molecule has 0 rings (SSSR count). The first-order chi connectivity index (χ1) is 5.87. The lowest BCUT2D eigenvalue weighted by Crippen LogP contribution is -2.31. The zero-order valence-electron chi connectivity index (χ0n) is 8.89. The maximum absolute atomic E-state index is 10.5. The molecule has 0 aromatic rings. The fraction of sp³-hybridized carbons (Fsp3) is 0.875. The summed E-state index contributed by atoms with van der Waals surface area (Å²) < 4.78 is 12.3. The third-order valence-electron chi connectivity index (χ3n) is 1.47. The van der Waals surface area contributed by atoms with Gasteiger partial charge in [0.15, 0.2) is 0 Å². The van der Waals surface area contributed by atoms with E-state index >= 15 is 0 Å². The fourth-order valence-electron chi connectivity index (χ4n) is 0.887. The molecule has 0 saturated carbocycles. The van der Waals surface area contributed by atoms with E-state index in [0.717, 1.165) is 0 Å². The Kier molecular flexibility index (Phi) is 3.87. The number of rotatable bonds is 5. The third kappa shape index (κ3) is 5.97. The molecule has 0 fully saturated rings. The van der Waals surface area contributed by atoms with E-state index in [2.05, 4.69) is 5.32 Å². The average molecular weight is 175 g/mol. The Hall–Kier alpha value is -0.770. The van der Waals surface area contributed by atoms with Crippen LogP contribution in [0.3, 0.4) is 0 Å². The minimum Gasteiger partial charge on any atom is -0.444 e. The van der Waals surface area contributed by atoms with Crippen molar-refractivity contribution in [2.24, 2.45) is 5.73 Å². The maximum Gasteiger partial charge on any atom is 0.405 e. The Morgan fingerprint density at radius 3 is 2.75 bits per heavy atom. The molecule has 0 bridgehead atoms. The van der Waals surface area contributed by atoms with Gasteiger partial charge in [-0.3, -0.25) is 0 Å². The van der Waals surface area contributed by atoms with Crippen LogP contribution in [0.5, 0.6) is 0 Å². The van der Waals surface area contributed by atoms with Gasteiger partial charge in [0.25, 0.3) is 0 Å². The van der Waals surface area contributed by atoms with Crippen LogP contribution in [0.4, 0.5) is 4.79 Å². The number of amides is 1. The Bertz CT molecular complexity index is 174. The van der Waals surface area contributed by atoms with Crippen molar-refractivity contribution < 1.29 is 10.9 Å². The molecule has 0 saturated heterocycles. The van der Waals surface area contributed by atoms with Crippen molar-refractivity contribution in [3.8, 4) is 0 Å². The number of nitrogens with one attached hydrogen (secondary N) is 1. The monoisotopic (exact) mass is 175 g/mol. The van der Waals surface area contributed by atoms with Gasteiger partial charge in [-0.25, -0.2) is 4.79 Å². The fourth-order valence-corrected chi connectivity index (χ4v) is 0.887. The second-order valence-electron chi connectivity index (χ2n) is 3.21. The number of hydrogen-bond acceptors (Lipinski definition) is 3. The van der Waals surface area contributed by atoms with E-state index < -0.39 is 11.7 Å². The van der Waals surface area contributed by atoms with Gasteiger partial charge >= 0.3 is 6.09 Å². The highest BCUT2D eigenvalue weighted by atomic mass is 16.6. The first-order valence-corrected chi connectivity index (χ1v) is 3.95. The zero-order chi connectivity index (χ0) is 10.5. The van der Waals surface area contributed by atoms with Gasteiger partial charge in [-0.15, -0.1) is 0 Å². The van der Waals surface area contributed by atoms with Gasteiger partial charge in [0.2, 0.25) is 0 Å². The first kappa shape index (κ1) is 9.32. The van der Waals surface area contributed by atoms with E-state index in [4.69, 9.17) is 11.8 Å². The number of ether oxygens (including phenoxy) is 1. The second kappa shape index (κ2) is 4.98. The first-order valence-electron chi connectivity index (χ1n) is 4.53. The SMILES string of the molecule is [2H]C(CCC(C)(C)OC(N)=O)NC. The molecule has 4 heteroatoms. The third-order valence-corrected chi connectivity index (χ3v) is 1.47. The molecule has 0 aliphatic rings. The molecule has 0 spiro atoms. The summed E-state index contributed by atoms with van der Waals surface area (Å²) in [6, 6.07) is 0. The van der Waals surface area contributed by atoms with E-state index in [-0.39, 0.29) is 6.52 Å². The lowest BCUT2D eigenvalue weighted by Gasteiger charge is -2.23. The largest absolute Gasteiger partial charge is 0.444 e. The van der Waals surface area contributed by atoms with Gasteiger partial charge in [0.05, 0.1) is 0 Å². The van der Waals surface area contributed by atoms with Gasteiger partial charge < -0.3 is 15.8 Å². The molecule has 4 nitrogen and oxygen atoms in total. The van der Waals surface area contributed by atoms with Crippen LogP contribution in [-0.4, -0.2) is 25.3 Å². The average Bonchev–Trinajstić information content (AvgIpc) is 1.98. The van der Waals surface area contributed by atoms with Gasteiger partial charge in [0.1, 0.15) is 5.60 Å². The minimum absolute atomic E-state index is 0.323. The van der Waals surface area contributed by atoms with Crippen LogP contribution in [0.25, 0.3) is 0 Å². The molecule has 12 heavy (non-hydrogen) atoms. The van der Waals surface area contributed by atoms with E-state index in [1.54, 1.807) is 20.9 Å². The lowest BCUT2D eigenvalue weighted by atomic mass is 10.0. The molecule has 1 atom stereocenters. The summed E-state index contributed by atoms with van der Waals surface area (Å²) in [4.78, 5) is 10.5. The number of primary amides is 1. The van der Waals surface area contributed by atoms with Crippen LogP contribution >= 0.6 is 0 Å². The molecule has 1 unspecified atom stereocenters. The van der Waals surface area contributed by atoms with Crippen molar-refractivity contribution in [2.45, 2.75) is 32.3 Å². The molecule has 72 valence electrons. The molecule has 0 aliphatic heterocycles. The highest BCUT2D eigenvalue weighted by Crippen LogP contribution is 2.15. The Balaban J connectivity index is 3.81. The minimum atomic E-state index is -0.768. The molecular weight excluding hydrogens is 156 g/mol. The maximum atomic E-state index is 10.5. The molecule has 0 radical (unpaired) electrons. The normalized spacial score (nSPS) is 15.1. The molecule has 3 N–H and O–H groups in total. The Labute approximate surface area is 74.9 Å². The van der Waals surface area contributed by atoms with Crippen LogP contribution in [0.2, 0.25) is 0 Å². The zero-order valence-corrected chi connectivity index (χ0v) is 7.89. The lowest BCUT2D eigenvalue weighted by molar-refractivity contribution is 0.0378. The summed E-state index contributed by atoms with van der Waals surface area (Å²) in [5, 5.41) is 2.79. The summed E-state index contributed by atoms with van der Waals surface area (Å²) in [7, 11) is 1.72. The van der Waals surface area contributed by atoms with E-state index in [1.165, 1.54) is 0 Å². The molecule has 0 aromatic carbocycles. The van der Waals surface area contributed by atoms with Crippen molar-refractivity contribution in [1.82, 2.24) is 5.32 Å². The van der Waals surface area contributed by atoms with Crippen molar-refractivity contribution in [2.75, 3.05) is 13.6 Å². The molecule has 0 aliphatic carbocycles. The van der Waals surface area contributed by atoms with Crippen molar-refractivity contribution in [3.63, 3.8) is 0 Å². The summed E-state index contributed by atoms with van der Waals surface area (Å²) in [5.41, 5.74) is 4.31. The Morgan fingerprint density at radius 1 is 1.75 bits per heavy atom. The van der Waals surface area contributed by atoms with Crippen molar-refractivity contribution in [1.29, 1.82) is 0 Å². The topological polar surface area (TPSA) is 64.3 Å². The predicted octanol–water partition coefficient (Wildman–Crippen LogP) is 0.860. The highest BCUT2D eigenvalue weighted by molar-refractivity contribution is 5.65. The molecule has 0 heterocycles. The molecule has 0 aromatic heterocycles. The van der Waals surface area contributed by atoms with Crippen LogP contribution < -0.4 is 11.1 Å². The second-order valence-corrected chi connectivity index (χ2v) is 3.21. The smallest absolute Gasteiger partial charge is 0.405 e. The van der Waals surface area contributed by atoms with Gasteiger partial charge in [-0.2, -0.15) is 0 Å². The Morgan fingerprint density at radius 2 is 2.33 bits per heavy atom. The van der Waals surface area contributed by atoms with E-state index in [1.807, 2.05) is 0 Å².